The summed E-state index contributed by atoms with van der Waals surface area (Å²) in [6.45, 7) is 18.9. The summed E-state index contributed by atoms with van der Waals surface area (Å²) in [4.78, 5) is 6.84. The second kappa shape index (κ2) is 18.5. The predicted molar refractivity (Wildman–Crippen MR) is 258 cm³/mol. The van der Waals surface area contributed by atoms with Crippen molar-refractivity contribution in [2.24, 2.45) is 0 Å². The lowest BCUT2D eigenvalue weighted by molar-refractivity contribution is 1.10. The number of hydrogen-bond donors (Lipinski definition) is 0. The number of rotatable bonds is 14. The smallest absolute Gasteiger partial charge is 0.241 e. The minimum absolute atomic E-state index is 0.0281. The molecule has 7 rings (SSSR count). The molecule has 0 saturated carbocycles. The van der Waals surface area contributed by atoms with Crippen molar-refractivity contribution in [1.29, 1.82) is 0 Å². The second-order valence-corrected chi connectivity index (χ2v) is 15.2. The van der Waals surface area contributed by atoms with E-state index in [0.717, 1.165) is 56.8 Å². The van der Waals surface area contributed by atoms with E-state index in [1.54, 1.807) is 0 Å². The fourth-order valence-corrected chi connectivity index (χ4v) is 7.89. The summed E-state index contributed by atoms with van der Waals surface area (Å²) in [6, 6.07) is 65.7. The molecule has 0 aromatic heterocycles. The predicted octanol–water partition coefficient (Wildman–Crippen LogP) is 13.1. The van der Waals surface area contributed by atoms with Gasteiger partial charge in [-0.3, -0.25) is 0 Å². The number of anilines is 7. The maximum absolute atomic E-state index is 4.40. The summed E-state index contributed by atoms with van der Waals surface area (Å²) < 4.78 is 0. The van der Waals surface area contributed by atoms with Crippen LogP contribution in [0.2, 0.25) is 0 Å². The van der Waals surface area contributed by atoms with Crippen LogP contribution in [0.1, 0.15) is 31.9 Å². The molecule has 0 aliphatic carbocycles. The zero-order valence-corrected chi connectivity index (χ0v) is 34.9. The Morgan fingerprint density at radius 3 is 1.20 bits per heavy atom. The average molecular weight is 766 g/mol. The fraction of sp³-hybridized carbons (Fsp3) is 0.0909. The van der Waals surface area contributed by atoms with Gasteiger partial charge in [0.05, 0.1) is 0 Å². The van der Waals surface area contributed by atoms with Crippen LogP contribution in [-0.2, 0) is 0 Å². The lowest BCUT2D eigenvalue weighted by Crippen LogP contribution is -2.52. The van der Waals surface area contributed by atoms with Crippen molar-refractivity contribution in [3.8, 4) is 0 Å². The van der Waals surface area contributed by atoms with Gasteiger partial charge in [-0.15, -0.1) is 0 Å². The fourth-order valence-electron chi connectivity index (χ4n) is 7.89. The van der Waals surface area contributed by atoms with E-state index in [9.17, 15) is 0 Å². The molecule has 7 aromatic carbocycles. The number of nitrogens with zero attached hydrogens (tertiary/aromatic N) is 3. The topological polar surface area (TPSA) is 9.72 Å². The van der Waals surface area contributed by atoms with Crippen LogP contribution in [0.5, 0.6) is 0 Å². The molecule has 0 aliphatic rings. The van der Waals surface area contributed by atoms with Crippen molar-refractivity contribution in [2.45, 2.75) is 34.6 Å². The minimum atomic E-state index is -0.0281. The molecule has 0 spiro atoms. The van der Waals surface area contributed by atoms with Gasteiger partial charge in [0.25, 0.3) is 0 Å². The van der Waals surface area contributed by atoms with Crippen molar-refractivity contribution < 1.29 is 0 Å². The molecule has 59 heavy (non-hydrogen) atoms. The molecular formula is C55H52BN3. The standard InChI is InChI=1S/C55H52BN3/c1-8-17-44(6)57(45(7)38-41(2)3)51-32-26-46(27-33-51)56(47-28-34-52(35-29-47)58(49-20-11-9-12-21-49)54-24-15-18-42(4)39-54)48-30-36-53(37-31-48)59(50-22-13-10-14-23-50)55-25-16-19-43(5)40-55/h8-40H,2,6H2,1,3-5,7H3/b17-8-,45-38+. The van der Waals surface area contributed by atoms with Gasteiger partial charge in [0.15, 0.2) is 0 Å². The minimum Gasteiger partial charge on any atom is -0.315 e. The van der Waals surface area contributed by atoms with Crippen LogP contribution in [0, 0.1) is 13.8 Å². The summed E-state index contributed by atoms with van der Waals surface area (Å²) in [7, 11) is 0. The summed E-state index contributed by atoms with van der Waals surface area (Å²) in [5, 5.41) is 0. The third-order valence-electron chi connectivity index (χ3n) is 10.5. The van der Waals surface area contributed by atoms with Crippen LogP contribution in [0.15, 0.2) is 230 Å². The Morgan fingerprint density at radius 1 is 0.458 bits per heavy atom. The average Bonchev–Trinajstić information content (AvgIpc) is 3.24. The SMILES string of the molecule is C=C(C)/C=C(\C)N(C(=C)/C=C\C)c1ccc(B(c2ccc(N(c3ccccc3)c3cccc(C)c3)cc2)c2ccc(N(c3ccccc3)c3cccc(C)c3)cc2)cc1. The first-order chi connectivity index (χ1) is 28.7. The summed E-state index contributed by atoms with van der Waals surface area (Å²) in [5.74, 6) is 0. The van der Waals surface area contributed by atoms with Gasteiger partial charge in [-0.1, -0.05) is 138 Å². The van der Waals surface area contributed by atoms with E-state index in [1.165, 1.54) is 27.5 Å². The van der Waals surface area contributed by atoms with E-state index >= 15 is 0 Å². The Balaban J connectivity index is 1.32. The Kier molecular flexibility index (Phi) is 12.6. The molecule has 0 unspecified atom stereocenters. The van der Waals surface area contributed by atoms with Gasteiger partial charge in [-0.2, -0.15) is 0 Å². The van der Waals surface area contributed by atoms with Crippen LogP contribution >= 0.6 is 0 Å². The molecule has 0 fully saturated rings. The maximum Gasteiger partial charge on any atom is 0.241 e. The molecule has 3 nitrogen and oxygen atoms in total. The number of aryl methyl sites for hydroxylation is 2. The van der Waals surface area contributed by atoms with Crippen molar-refractivity contribution in [1.82, 2.24) is 0 Å². The van der Waals surface area contributed by atoms with Crippen LogP contribution in [0.25, 0.3) is 0 Å². The molecule has 0 atom stereocenters. The van der Waals surface area contributed by atoms with Gasteiger partial charge < -0.3 is 14.7 Å². The number of benzene rings is 7. The van der Waals surface area contributed by atoms with E-state index in [4.69, 9.17) is 0 Å². The van der Waals surface area contributed by atoms with E-state index in [-0.39, 0.29) is 6.71 Å². The normalized spacial score (nSPS) is 11.3. The zero-order chi connectivity index (χ0) is 41.3. The maximum atomic E-state index is 4.40. The summed E-state index contributed by atoms with van der Waals surface area (Å²) in [6.07, 6.45) is 6.16. The largest absolute Gasteiger partial charge is 0.315 e. The quantitative estimate of drug-likeness (QED) is 0.0806. The van der Waals surface area contributed by atoms with Gasteiger partial charge in [-0.25, -0.2) is 0 Å². The lowest BCUT2D eigenvalue weighted by Gasteiger charge is -2.28. The summed E-state index contributed by atoms with van der Waals surface area (Å²) in [5.41, 5.74) is 16.7. The highest BCUT2D eigenvalue weighted by Crippen LogP contribution is 2.36. The molecule has 0 saturated heterocycles. The van der Waals surface area contributed by atoms with Crippen molar-refractivity contribution in [3.63, 3.8) is 0 Å². The molecule has 7 aromatic rings. The van der Waals surface area contributed by atoms with Crippen LogP contribution in [0.3, 0.4) is 0 Å². The van der Waals surface area contributed by atoms with Crippen molar-refractivity contribution in [3.05, 3.63) is 241 Å². The molecule has 0 aliphatic heterocycles. The number of hydrogen-bond acceptors (Lipinski definition) is 3. The third kappa shape index (κ3) is 9.41. The van der Waals surface area contributed by atoms with Gasteiger partial charge >= 0.3 is 0 Å². The molecule has 0 amide bonds. The Labute approximate surface area is 352 Å². The highest BCUT2D eigenvalue weighted by atomic mass is 15.2. The molecule has 0 heterocycles. The van der Waals surface area contributed by atoms with Gasteiger partial charge in [0.1, 0.15) is 0 Å². The van der Waals surface area contributed by atoms with Crippen molar-refractivity contribution in [2.75, 3.05) is 14.7 Å². The van der Waals surface area contributed by atoms with Gasteiger partial charge in [0, 0.05) is 51.2 Å². The first-order valence-electron chi connectivity index (χ1n) is 20.3. The highest BCUT2D eigenvalue weighted by molar-refractivity contribution is 6.95. The number of allylic oxidation sites excluding steroid dienone is 5. The molecule has 290 valence electrons. The van der Waals surface area contributed by atoms with Crippen LogP contribution in [-0.4, -0.2) is 6.71 Å². The van der Waals surface area contributed by atoms with E-state index in [2.05, 4.69) is 237 Å². The monoisotopic (exact) mass is 765 g/mol. The second-order valence-electron chi connectivity index (χ2n) is 15.2. The summed E-state index contributed by atoms with van der Waals surface area (Å²) >= 11 is 0. The molecule has 0 radical (unpaired) electrons. The Bertz CT molecular complexity index is 2440. The zero-order valence-electron chi connectivity index (χ0n) is 34.9. The first-order valence-corrected chi connectivity index (χ1v) is 20.3. The molecule has 4 heteroatoms. The third-order valence-corrected chi connectivity index (χ3v) is 10.5. The van der Waals surface area contributed by atoms with Crippen LogP contribution < -0.4 is 31.1 Å². The lowest BCUT2D eigenvalue weighted by atomic mass is 9.37. The van der Waals surface area contributed by atoms with E-state index in [0.29, 0.717) is 0 Å². The van der Waals surface area contributed by atoms with Crippen LogP contribution in [0.4, 0.5) is 39.8 Å². The molecule has 0 N–H and O–H groups in total. The number of para-hydroxylation sites is 2. The Morgan fingerprint density at radius 2 is 0.831 bits per heavy atom. The highest BCUT2D eigenvalue weighted by Gasteiger charge is 2.24. The molecule has 0 bridgehead atoms. The first kappa shape index (κ1) is 40.2. The molecular weight excluding hydrogens is 713 g/mol. The van der Waals surface area contributed by atoms with Gasteiger partial charge in [-0.05, 0) is 143 Å². The van der Waals surface area contributed by atoms with Gasteiger partial charge in [0.2, 0.25) is 6.71 Å². The van der Waals surface area contributed by atoms with E-state index in [1.807, 2.05) is 26.0 Å². The van der Waals surface area contributed by atoms with E-state index < -0.39 is 0 Å². The van der Waals surface area contributed by atoms with Crippen molar-refractivity contribution >= 4 is 62.9 Å². The Hall–Kier alpha value is -7.04.